The van der Waals surface area contributed by atoms with Crippen molar-refractivity contribution in [2.75, 3.05) is 0 Å². The van der Waals surface area contributed by atoms with Crippen LogP contribution in [0.3, 0.4) is 0 Å². The topological polar surface area (TPSA) is 26.0 Å². The highest BCUT2D eigenvalue weighted by molar-refractivity contribution is 4.92. The number of hydrogen-bond donors (Lipinski definition) is 1. The van der Waals surface area contributed by atoms with Crippen LogP contribution in [0.2, 0.25) is 0 Å². The second kappa shape index (κ2) is 4.44. The minimum atomic E-state index is 0.895. The number of allylic oxidation sites excluding steroid dienone is 3. The molecule has 0 bridgehead atoms. The van der Waals surface area contributed by atoms with E-state index < -0.39 is 0 Å². The molecule has 1 nitrogen and oxygen atoms in total. The zero-order valence-electron chi connectivity index (χ0n) is 5.35. The normalized spacial score (nSPS) is 11.4. The third-order valence-electron chi connectivity index (χ3n) is 0.837. The van der Waals surface area contributed by atoms with Gasteiger partial charge in [-0.25, -0.2) is 0 Å². The monoisotopic (exact) mass is 111 g/mol. The van der Waals surface area contributed by atoms with Gasteiger partial charge in [-0.2, -0.15) is 0 Å². The summed E-state index contributed by atoms with van der Waals surface area (Å²) in [7, 11) is 0. The van der Waals surface area contributed by atoms with Gasteiger partial charge in [0, 0.05) is 5.70 Å². The molecule has 0 spiro atoms. The molecule has 0 saturated carbocycles. The molecule has 0 atom stereocenters. The van der Waals surface area contributed by atoms with Gasteiger partial charge < -0.3 is 5.73 Å². The number of nitrogens with two attached hydrogens (primary N) is 1. The van der Waals surface area contributed by atoms with Gasteiger partial charge in [0.05, 0.1) is 0 Å². The van der Waals surface area contributed by atoms with Crippen LogP contribution in [0.5, 0.6) is 0 Å². The van der Waals surface area contributed by atoms with E-state index in [1.807, 2.05) is 19.1 Å². The molecular weight excluding hydrogens is 98.1 g/mol. The number of unbranched alkanes of at least 4 members (excludes halogenated alkanes) is 1. The lowest BCUT2D eigenvalue weighted by Gasteiger charge is -1.87. The molecule has 46 valence electrons. The average molecular weight is 111 g/mol. The lowest BCUT2D eigenvalue weighted by molar-refractivity contribution is 1.03. The Morgan fingerprint density at radius 2 is 2.25 bits per heavy atom. The van der Waals surface area contributed by atoms with Crippen molar-refractivity contribution >= 4 is 0 Å². The van der Waals surface area contributed by atoms with Crippen molar-refractivity contribution in [3.05, 3.63) is 24.4 Å². The van der Waals surface area contributed by atoms with E-state index in [1.165, 1.54) is 0 Å². The molecule has 0 aromatic heterocycles. The minimum absolute atomic E-state index is 0.895. The number of hydrogen-bond acceptors (Lipinski definition) is 1. The van der Waals surface area contributed by atoms with Crippen LogP contribution in [0.4, 0.5) is 0 Å². The molecule has 0 heterocycles. The SMILES string of the molecule is C=CCC/C=C(/C)N. The lowest BCUT2D eigenvalue weighted by atomic mass is 10.3. The molecular formula is C7H13N. The molecule has 0 aromatic rings. The first-order valence-electron chi connectivity index (χ1n) is 2.80. The fraction of sp³-hybridized carbons (Fsp3) is 0.429. The predicted octanol–water partition coefficient (Wildman–Crippen LogP) is 1.82. The van der Waals surface area contributed by atoms with Gasteiger partial charge in [-0.1, -0.05) is 12.2 Å². The van der Waals surface area contributed by atoms with Gasteiger partial charge in [0.15, 0.2) is 0 Å². The fourth-order valence-electron chi connectivity index (χ4n) is 0.429. The molecule has 0 fully saturated rings. The van der Waals surface area contributed by atoms with Crippen LogP contribution in [-0.4, -0.2) is 0 Å². The standard InChI is InChI=1S/C7H13N/c1-3-4-5-6-7(2)8/h3,6H,1,4-5,8H2,2H3/b7-6-. The Kier molecular flexibility index (Phi) is 4.04. The van der Waals surface area contributed by atoms with Crippen molar-refractivity contribution in [3.63, 3.8) is 0 Å². The summed E-state index contributed by atoms with van der Waals surface area (Å²) in [6.07, 6.45) is 5.93. The highest BCUT2D eigenvalue weighted by Crippen LogP contribution is 1.92. The third kappa shape index (κ3) is 5.28. The first-order chi connectivity index (χ1) is 3.77. The van der Waals surface area contributed by atoms with E-state index in [4.69, 9.17) is 5.73 Å². The maximum absolute atomic E-state index is 5.36. The summed E-state index contributed by atoms with van der Waals surface area (Å²) < 4.78 is 0. The predicted molar refractivity (Wildman–Crippen MR) is 37.4 cm³/mol. The van der Waals surface area contributed by atoms with Crippen LogP contribution >= 0.6 is 0 Å². The molecule has 0 aliphatic rings. The van der Waals surface area contributed by atoms with Crippen molar-refractivity contribution in [3.8, 4) is 0 Å². The highest BCUT2D eigenvalue weighted by Gasteiger charge is 1.75. The Morgan fingerprint density at radius 1 is 1.62 bits per heavy atom. The van der Waals surface area contributed by atoms with Crippen molar-refractivity contribution in [1.29, 1.82) is 0 Å². The lowest BCUT2D eigenvalue weighted by Crippen LogP contribution is -1.88. The zero-order valence-corrected chi connectivity index (χ0v) is 5.35. The molecule has 0 aliphatic heterocycles. The fourth-order valence-corrected chi connectivity index (χ4v) is 0.429. The van der Waals surface area contributed by atoms with E-state index in [2.05, 4.69) is 6.58 Å². The van der Waals surface area contributed by atoms with Gasteiger partial charge >= 0.3 is 0 Å². The Bertz CT molecular complexity index is 88.6. The van der Waals surface area contributed by atoms with Crippen molar-refractivity contribution in [2.24, 2.45) is 5.73 Å². The third-order valence-corrected chi connectivity index (χ3v) is 0.837. The molecule has 0 rings (SSSR count). The Balaban J connectivity index is 3.15. The quantitative estimate of drug-likeness (QED) is 0.436. The summed E-state index contributed by atoms with van der Waals surface area (Å²) >= 11 is 0. The van der Waals surface area contributed by atoms with Gasteiger partial charge in [0.2, 0.25) is 0 Å². The van der Waals surface area contributed by atoms with Gasteiger partial charge in [-0.05, 0) is 19.8 Å². The molecule has 0 amide bonds. The summed E-state index contributed by atoms with van der Waals surface area (Å²) in [5, 5.41) is 0. The first kappa shape index (κ1) is 7.28. The number of rotatable bonds is 3. The van der Waals surface area contributed by atoms with Crippen LogP contribution < -0.4 is 5.73 Å². The molecule has 0 radical (unpaired) electrons. The summed E-state index contributed by atoms with van der Waals surface area (Å²) in [4.78, 5) is 0. The largest absolute Gasteiger partial charge is 0.403 e. The summed E-state index contributed by atoms with van der Waals surface area (Å²) in [6.45, 7) is 5.48. The van der Waals surface area contributed by atoms with E-state index in [0.29, 0.717) is 0 Å². The smallest absolute Gasteiger partial charge is 0.000844 e. The van der Waals surface area contributed by atoms with Gasteiger partial charge in [-0.15, -0.1) is 6.58 Å². The maximum atomic E-state index is 5.36. The molecule has 1 heteroatoms. The van der Waals surface area contributed by atoms with E-state index in [0.717, 1.165) is 18.5 Å². The molecule has 8 heavy (non-hydrogen) atoms. The molecule has 0 unspecified atom stereocenters. The zero-order chi connectivity index (χ0) is 6.41. The molecule has 2 N–H and O–H groups in total. The van der Waals surface area contributed by atoms with Crippen molar-refractivity contribution in [1.82, 2.24) is 0 Å². The van der Waals surface area contributed by atoms with Crippen LogP contribution in [-0.2, 0) is 0 Å². The van der Waals surface area contributed by atoms with E-state index in [-0.39, 0.29) is 0 Å². The van der Waals surface area contributed by atoms with E-state index in [1.54, 1.807) is 0 Å². The van der Waals surface area contributed by atoms with E-state index in [9.17, 15) is 0 Å². The van der Waals surface area contributed by atoms with Gasteiger partial charge in [0.1, 0.15) is 0 Å². The summed E-state index contributed by atoms with van der Waals surface area (Å²) in [5.74, 6) is 0. The molecule has 0 aliphatic carbocycles. The highest BCUT2D eigenvalue weighted by atomic mass is 14.5. The first-order valence-corrected chi connectivity index (χ1v) is 2.80. The summed E-state index contributed by atoms with van der Waals surface area (Å²) in [6, 6.07) is 0. The van der Waals surface area contributed by atoms with Crippen molar-refractivity contribution in [2.45, 2.75) is 19.8 Å². The van der Waals surface area contributed by atoms with Crippen LogP contribution in [0.1, 0.15) is 19.8 Å². The van der Waals surface area contributed by atoms with Crippen LogP contribution in [0, 0.1) is 0 Å². The van der Waals surface area contributed by atoms with Crippen LogP contribution in [0.25, 0.3) is 0 Å². The van der Waals surface area contributed by atoms with Crippen molar-refractivity contribution < 1.29 is 0 Å². The average Bonchev–Trinajstić information content (AvgIpc) is 1.66. The second-order valence-electron chi connectivity index (χ2n) is 1.81. The Hall–Kier alpha value is -0.720. The second-order valence-corrected chi connectivity index (χ2v) is 1.81. The summed E-state index contributed by atoms with van der Waals surface area (Å²) in [5.41, 5.74) is 6.26. The maximum Gasteiger partial charge on any atom is 0.000844 e. The Morgan fingerprint density at radius 3 is 2.62 bits per heavy atom. The molecule has 0 saturated heterocycles. The molecule has 0 aromatic carbocycles. The van der Waals surface area contributed by atoms with Gasteiger partial charge in [-0.3, -0.25) is 0 Å². The van der Waals surface area contributed by atoms with E-state index >= 15 is 0 Å². The van der Waals surface area contributed by atoms with Gasteiger partial charge in [0.25, 0.3) is 0 Å². The Labute approximate surface area is 50.9 Å². The van der Waals surface area contributed by atoms with Crippen LogP contribution in [0.15, 0.2) is 24.4 Å². The minimum Gasteiger partial charge on any atom is -0.403 e.